The zero-order chi connectivity index (χ0) is 19.3. The molecule has 1 heterocycles. The molecule has 0 aliphatic carbocycles. The normalized spacial score (nSPS) is 11.3. The van der Waals surface area contributed by atoms with E-state index in [-0.39, 0.29) is 17.1 Å². The van der Waals surface area contributed by atoms with Crippen LogP contribution in [0.25, 0.3) is 0 Å². The summed E-state index contributed by atoms with van der Waals surface area (Å²) in [5.41, 5.74) is -0.226. The van der Waals surface area contributed by atoms with Gasteiger partial charge in [-0.3, -0.25) is 14.9 Å². The van der Waals surface area contributed by atoms with Crippen molar-refractivity contribution in [2.24, 2.45) is 0 Å². The third-order valence-electron chi connectivity index (χ3n) is 3.21. The van der Waals surface area contributed by atoms with Crippen molar-refractivity contribution >= 4 is 38.1 Å². The Hall–Kier alpha value is -2.63. The van der Waals surface area contributed by atoms with Crippen molar-refractivity contribution in [2.45, 2.75) is 11.8 Å². The zero-order valence-electron chi connectivity index (χ0n) is 13.8. The molecule has 0 bridgehead atoms. The summed E-state index contributed by atoms with van der Waals surface area (Å²) < 4.78 is 26.3. The summed E-state index contributed by atoms with van der Waals surface area (Å²) in [7, 11) is -4.03. The van der Waals surface area contributed by atoms with Crippen LogP contribution in [0, 0.1) is 17.0 Å². The molecule has 0 fully saturated rings. The van der Waals surface area contributed by atoms with Crippen molar-refractivity contribution in [3.63, 3.8) is 0 Å². The van der Waals surface area contributed by atoms with Gasteiger partial charge in [0.05, 0.1) is 16.4 Å². The van der Waals surface area contributed by atoms with Crippen molar-refractivity contribution < 1.29 is 18.1 Å². The molecule has 1 aromatic carbocycles. The quantitative estimate of drug-likeness (QED) is 0.414. The van der Waals surface area contributed by atoms with E-state index in [0.717, 1.165) is 33.4 Å². The van der Waals surface area contributed by atoms with Crippen LogP contribution < -0.4 is 5.32 Å². The number of benzene rings is 1. The Labute approximate surface area is 154 Å². The number of nitrogens with zero attached hydrogens (tertiary/aromatic N) is 3. The van der Waals surface area contributed by atoms with Gasteiger partial charge in [-0.2, -0.15) is 4.31 Å². The Kier molecular flexibility index (Phi) is 6.18. The minimum Gasteiger partial charge on any atom is -0.301 e. The van der Waals surface area contributed by atoms with E-state index in [2.05, 4.69) is 16.9 Å². The number of aromatic nitrogens is 1. The summed E-state index contributed by atoms with van der Waals surface area (Å²) in [4.78, 5) is 27.0. The Morgan fingerprint density at radius 2 is 2.08 bits per heavy atom. The predicted octanol–water partition coefficient (Wildman–Crippen LogP) is 2.18. The summed E-state index contributed by atoms with van der Waals surface area (Å²) in [6.07, 6.45) is 2.94. The van der Waals surface area contributed by atoms with Gasteiger partial charge in [0.1, 0.15) is 0 Å². The molecule has 0 atom stereocenters. The first-order chi connectivity index (χ1) is 12.2. The van der Waals surface area contributed by atoms with Gasteiger partial charge in [-0.25, -0.2) is 13.4 Å². The first-order valence-electron chi connectivity index (χ1n) is 7.32. The largest absolute Gasteiger partial charge is 0.301 e. The number of nitro groups is 1. The van der Waals surface area contributed by atoms with Crippen LogP contribution in [-0.2, 0) is 14.8 Å². The lowest BCUT2D eigenvalue weighted by Gasteiger charge is -2.20. The molecule has 9 nitrogen and oxygen atoms in total. The van der Waals surface area contributed by atoms with Gasteiger partial charge < -0.3 is 5.32 Å². The maximum atomic E-state index is 12.7. The van der Waals surface area contributed by atoms with Gasteiger partial charge in [-0.15, -0.1) is 17.9 Å². The molecule has 1 amide bonds. The van der Waals surface area contributed by atoms with Crippen LogP contribution in [0.15, 0.2) is 48.0 Å². The Morgan fingerprint density at radius 1 is 1.42 bits per heavy atom. The summed E-state index contributed by atoms with van der Waals surface area (Å²) >= 11 is 1.27. The molecule has 26 heavy (non-hydrogen) atoms. The molecule has 1 aromatic heterocycles. The number of amides is 1. The SMILES string of the molecule is C=CCN(CC(=O)Nc1ncc(C)s1)S(=O)(=O)c1ccc([N+](=O)[O-])cc1. The molecular weight excluding hydrogens is 380 g/mol. The Bertz CT molecular complexity index is 922. The number of carbonyl (C=O) groups is 1. The molecule has 138 valence electrons. The fourth-order valence-corrected chi connectivity index (χ4v) is 4.06. The highest BCUT2D eigenvalue weighted by atomic mass is 32.2. The van der Waals surface area contributed by atoms with Crippen molar-refractivity contribution in [3.8, 4) is 0 Å². The maximum absolute atomic E-state index is 12.7. The number of anilines is 1. The van der Waals surface area contributed by atoms with E-state index < -0.39 is 27.4 Å². The van der Waals surface area contributed by atoms with Gasteiger partial charge in [-0.1, -0.05) is 6.08 Å². The Morgan fingerprint density at radius 3 is 2.58 bits per heavy atom. The van der Waals surface area contributed by atoms with Crippen molar-refractivity contribution in [3.05, 3.63) is 58.1 Å². The highest BCUT2D eigenvalue weighted by Crippen LogP contribution is 2.20. The minimum atomic E-state index is -4.03. The lowest BCUT2D eigenvalue weighted by molar-refractivity contribution is -0.384. The number of nitro benzene ring substituents is 1. The molecule has 0 spiro atoms. The number of hydrogen-bond acceptors (Lipinski definition) is 7. The van der Waals surface area contributed by atoms with Crippen LogP contribution >= 0.6 is 11.3 Å². The molecule has 11 heteroatoms. The first kappa shape index (κ1) is 19.7. The number of rotatable bonds is 8. The number of nitrogens with one attached hydrogen (secondary N) is 1. The van der Waals surface area contributed by atoms with Crippen LogP contribution in [-0.4, -0.2) is 41.6 Å². The summed E-state index contributed by atoms with van der Waals surface area (Å²) in [5.74, 6) is -0.549. The summed E-state index contributed by atoms with van der Waals surface area (Å²) in [5, 5.41) is 13.6. The number of aryl methyl sites for hydroxylation is 1. The van der Waals surface area contributed by atoms with Crippen LogP contribution in [0.5, 0.6) is 0 Å². The highest BCUT2D eigenvalue weighted by molar-refractivity contribution is 7.89. The summed E-state index contributed by atoms with van der Waals surface area (Å²) in [6, 6.07) is 4.45. The van der Waals surface area contributed by atoms with Crippen molar-refractivity contribution in [2.75, 3.05) is 18.4 Å². The van der Waals surface area contributed by atoms with E-state index in [9.17, 15) is 23.3 Å². The van der Waals surface area contributed by atoms with Crippen molar-refractivity contribution in [1.29, 1.82) is 0 Å². The van der Waals surface area contributed by atoms with Gasteiger partial charge >= 0.3 is 0 Å². The van der Waals surface area contributed by atoms with Crippen LogP contribution in [0.4, 0.5) is 10.8 Å². The zero-order valence-corrected chi connectivity index (χ0v) is 15.4. The maximum Gasteiger partial charge on any atom is 0.269 e. The molecule has 1 N–H and O–H groups in total. The molecule has 0 aliphatic heterocycles. The predicted molar refractivity (Wildman–Crippen MR) is 97.5 cm³/mol. The third-order valence-corrected chi connectivity index (χ3v) is 5.86. The number of sulfonamides is 1. The van der Waals surface area contributed by atoms with Gasteiger partial charge in [0.2, 0.25) is 15.9 Å². The van der Waals surface area contributed by atoms with Crippen molar-refractivity contribution in [1.82, 2.24) is 9.29 Å². The third kappa shape index (κ3) is 4.71. The second-order valence-electron chi connectivity index (χ2n) is 5.16. The molecule has 0 saturated heterocycles. The average molecular weight is 396 g/mol. The lowest BCUT2D eigenvalue weighted by atomic mass is 10.3. The van der Waals surface area contributed by atoms with Gasteiger partial charge in [-0.05, 0) is 19.1 Å². The standard InChI is InChI=1S/C15H16N4O5S2/c1-3-8-18(10-14(20)17-15-16-9-11(2)25-15)26(23,24)13-6-4-12(5-7-13)19(21)22/h3-7,9H,1,8,10H2,2H3,(H,16,17,20). The van der Waals surface area contributed by atoms with Crippen LogP contribution in [0.2, 0.25) is 0 Å². The molecular formula is C15H16N4O5S2. The fraction of sp³-hybridized carbons (Fsp3) is 0.200. The van der Waals surface area contributed by atoms with E-state index in [0.29, 0.717) is 5.13 Å². The second kappa shape index (κ2) is 8.17. The van der Waals surface area contributed by atoms with Gasteiger partial charge in [0.25, 0.3) is 5.69 Å². The number of thiazole rings is 1. The number of hydrogen-bond donors (Lipinski definition) is 1. The first-order valence-corrected chi connectivity index (χ1v) is 9.57. The summed E-state index contributed by atoms with van der Waals surface area (Å²) in [6.45, 7) is 4.80. The highest BCUT2D eigenvalue weighted by Gasteiger charge is 2.26. The van der Waals surface area contributed by atoms with E-state index in [1.54, 1.807) is 6.20 Å². The second-order valence-corrected chi connectivity index (χ2v) is 8.33. The molecule has 0 saturated carbocycles. The fourth-order valence-electron chi connectivity index (χ4n) is 2.01. The van der Waals surface area contributed by atoms with E-state index in [1.165, 1.54) is 17.4 Å². The van der Waals surface area contributed by atoms with Gasteiger partial charge in [0, 0.05) is 29.8 Å². The molecule has 0 aliphatic rings. The molecule has 0 unspecified atom stereocenters. The minimum absolute atomic E-state index is 0.0936. The van der Waals surface area contributed by atoms with Gasteiger partial charge in [0.15, 0.2) is 5.13 Å². The number of non-ortho nitro benzene ring substituents is 1. The van der Waals surface area contributed by atoms with Crippen LogP contribution in [0.1, 0.15) is 4.88 Å². The number of carbonyl (C=O) groups excluding carboxylic acids is 1. The smallest absolute Gasteiger partial charge is 0.269 e. The Balaban J connectivity index is 2.19. The molecule has 2 rings (SSSR count). The topological polar surface area (TPSA) is 123 Å². The monoisotopic (exact) mass is 396 g/mol. The molecule has 0 radical (unpaired) electrons. The average Bonchev–Trinajstić information content (AvgIpc) is 2.99. The lowest BCUT2D eigenvalue weighted by Crippen LogP contribution is -2.38. The van der Waals surface area contributed by atoms with E-state index >= 15 is 0 Å². The molecule has 2 aromatic rings. The van der Waals surface area contributed by atoms with E-state index in [4.69, 9.17) is 0 Å². The van der Waals surface area contributed by atoms with Crippen LogP contribution in [0.3, 0.4) is 0 Å². The van der Waals surface area contributed by atoms with E-state index in [1.807, 2.05) is 6.92 Å².